The molecule has 0 radical (unpaired) electrons. The highest BCUT2D eigenvalue weighted by molar-refractivity contribution is 5.92. The number of Topliss-reactive ketones (excluding diaryl/α,β-unsaturated/α-hetero) is 1. The molecule has 3 N–H and O–H groups in total. The number of hydrogen-bond acceptors (Lipinski definition) is 8. The Bertz CT molecular complexity index is 902. The number of ether oxygens (including phenoxy) is 2. The van der Waals surface area contributed by atoms with Gasteiger partial charge in [-0.05, 0) is 37.1 Å². The first kappa shape index (κ1) is 27.8. The van der Waals surface area contributed by atoms with Crippen molar-refractivity contribution >= 4 is 17.7 Å². The molecule has 0 aliphatic heterocycles. The maximum absolute atomic E-state index is 14.0. The van der Waals surface area contributed by atoms with Gasteiger partial charge in [0.1, 0.15) is 17.8 Å². The number of nitrogens with one attached hydrogen (secondary N) is 1. The number of allylic oxidation sites excluding steroid dienone is 1. The van der Waals surface area contributed by atoms with Gasteiger partial charge in [-0.3, -0.25) is 14.4 Å². The number of aliphatic hydroxyl groups excluding tert-OH is 1. The molecule has 3 aliphatic rings. The molecule has 0 aromatic heterocycles. The molecule has 0 saturated heterocycles. The van der Waals surface area contributed by atoms with Crippen molar-refractivity contribution < 1.29 is 34.1 Å². The van der Waals surface area contributed by atoms with Crippen LogP contribution in [-0.4, -0.2) is 65.4 Å². The van der Waals surface area contributed by atoms with E-state index in [0.717, 1.165) is 0 Å². The monoisotopic (exact) mass is 493 g/mol. The zero-order valence-corrected chi connectivity index (χ0v) is 22.3. The fourth-order valence-electron chi connectivity index (χ4n) is 7.93. The van der Waals surface area contributed by atoms with Gasteiger partial charge in [-0.1, -0.05) is 40.7 Å². The minimum atomic E-state index is -2.02. The number of rotatable bonds is 6. The van der Waals surface area contributed by atoms with Gasteiger partial charge in [0.05, 0.1) is 12.5 Å². The summed E-state index contributed by atoms with van der Waals surface area (Å²) in [6.07, 6.45) is 0.0546. The zero-order chi connectivity index (χ0) is 26.6. The van der Waals surface area contributed by atoms with Crippen molar-refractivity contribution in [2.24, 2.45) is 27.6 Å². The number of esters is 2. The van der Waals surface area contributed by atoms with E-state index in [2.05, 4.69) is 11.9 Å². The minimum Gasteiger partial charge on any atom is -0.458 e. The molecule has 0 bridgehead atoms. The second-order valence-electron chi connectivity index (χ2n) is 12.4. The number of ketones is 1. The van der Waals surface area contributed by atoms with Gasteiger partial charge in [0.15, 0.2) is 5.78 Å². The molecule has 198 valence electrons. The Hall–Kier alpha value is -1.77. The summed E-state index contributed by atoms with van der Waals surface area (Å²) in [5.41, 5.74) is -5.90. The SMILES string of the molecule is C=C[C@@]1(C)CC(=O)C2(O)[C@@]3(C)[C@@H](O)CCC(C)(C)[C@@H]3[C@H](OC(=O)CCNC)[C@H](OC(C)=O)[C@@]2(C)C1. The van der Waals surface area contributed by atoms with E-state index >= 15 is 0 Å². The third-order valence-electron chi connectivity index (χ3n) is 9.47. The first-order valence-electron chi connectivity index (χ1n) is 12.6. The summed E-state index contributed by atoms with van der Waals surface area (Å²) >= 11 is 0. The molecule has 8 atom stereocenters. The Labute approximate surface area is 208 Å². The number of aliphatic hydroxyl groups is 2. The van der Waals surface area contributed by atoms with E-state index in [9.17, 15) is 24.6 Å². The smallest absolute Gasteiger partial charge is 0.307 e. The molecule has 35 heavy (non-hydrogen) atoms. The van der Waals surface area contributed by atoms with E-state index in [1.165, 1.54) is 6.92 Å². The maximum Gasteiger partial charge on any atom is 0.307 e. The predicted molar refractivity (Wildman–Crippen MR) is 130 cm³/mol. The summed E-state index contributed by atoms with van der Waals surface area (Å²) in [6, 6.07) is 0. The molecule has 3 fully saturated rings. The van der Waals surface area contributed by atoms with Gasteiger partial charge in [-0.15, -0.1) is 6.58 Å². The molecule has 0 heterocycles. The Morgan fingerprint density at radius 3 is 2.37 bits per heavy atom. The zero-order valence-electron chi connectivity index (χ0n) is 22.3. The van der Waals surface area contributed by atoms with E-state index in [1.54, 1.807) is 27.0 Å². The van der Waals surface area contributed by atoms with E-state index in [-0.39, 0.29) is 19.3 Å². The lowest BCUT2D eigenvalue weighted by Gasteiger charge is -2.72. The highest BCUT2D eigenvalue weighted by Gasteiger charge is 2.80. The second kappa shape index (κ2) is 8.96. The van der Waals surface area contributed by atoms with E-state index in [4.69, 9.17) is 9.47 Å². The lowest BCUT2D eigenvalue weighted by atomic mass is 9.35. The summed E-state index contributed by atoms with van der Waals surface area (Å²) in [5, 5.41) is 27.0. The Morgan fingerprint density at radius 2 is 1.83 bits per heavy atom. The van der Waals surface area contributed by atoms with Crippen LogP contribution < -0.4 is 5.32 Å². The average molecular weight is 494 g/mol. The summed E-state index contributed by atoms with van der Waals surface area (Å²) < 4.78 is 12.0. The van der Waals surface area contributed by atoms with Gasteiger partial charge in [0.2, 0.25) is 0 Å². The van der Waals surface area contributed by atoms with Crippen LogP contribution in [0.5, 0.6) is 0 Å². The van der Waals surface area contributed by atoms with Crippen LogP contribution in [0.4, 0.5) is 0 Å². The second-order valence-corrected chi connectivity index (χ2v) is 12.4. The Kier molecular flexibility index (Phi) is 7.12. The highest BCUT2D eigenvalue weighted by Crippen LogP contribution is 2.71. The molecular weight excluding hydrogens is 450 g/mol. The normalized spacial score (nSPS) is 44.5. The molecule has 0 aromatic rings. The van der Waals surface area contributed by atoms with Crippen molar-refractivity contribution in [3.8, 4) is 0 Å². The largest absolute Gasteiger partial charge is 0.458 e. The molecule has 3 rings (SSSR count). The van der Waals surface area contributed by atoms with Gasteiger partial charge in [-0.25, -0.2) is 0 Å². The van der Waals surface area contributed by atoms with Gasteiger partial charge >= 0.3 is 11.9 Å². The molecule has 1 unspecified atom stereocenters. The van der Waals surface area contributed by atoms with Crippen LogP contribution in [0, 0.1) is 27.6 Å². The predicted octanol–water partition coefficient (Wildman–Crippen LogP) is 2.55. The van der Waals surface area contributed by atoms with Crippen molar-refractivity contribution in [1.82, 2.24) is 5.32 Å². The van der Waals surface area contributed by atoms with Crippen LogP contribution in [0.3, 0.4) is 0 Å². The van der Waals surface area contributed by atoms with Crippen LogP contribution in [-0.2, 0) is 23.9 Å². The van der Waals surface area contributed by atoms with Gasteiger partial charge in [-0.2, -0.15) is 0 Å². The standard InChI is InChI=1S/C27H43NO7/c1-9-24(5)14-18(31)27(33)25(6,15-24)22(34-16(2)29)20(35-19(32)11-13-28-8)21-23(3,4)12-10-17(30)26(21,27)7/h9,17,20-22,28,30,33H,1,10-15H2,2-8H3/t17-,20-,21-,22-,24-,25+,26-,27?/m0/s1. The lowest BCUT2D eigenvalue weighted by Crippen LogP contribution is -2.83. The van der Waals surface area contributed by atoms with Crippen LogP contribution in [0.15, 0.2) is 12.7 Å². The van der Waals surface area contributed by atoms with Gasteiger partial charge < -0.3 is 25.0 Å². The van der Waals surface area contributed by atoms with Gasteiger partial charge in [0.25, 0.3) is 0 Å². The first-order valence-corrected chi connectivity index (χ1v) is 12.6. The fourth-order valence-corrected chi connectivity index (χ4v) is 7.93. The molecule has 8 heteroatoms. The molecular formula is C27H43NO7. The van der Waals surface area contributed by atoms with Crippen molar-refractivity contribution in [3.05, 3.63) is 12.7 Å². The number of carbonyl (C=O) groups is 3. The van der Waals surface area contributed by atoms with Crippen molar-refractivity contribution in [1.29, 1.82) is 0 Å². The number of hydrogen-bond donors (Lipinski definition) is 3. The van der Waals surface area contributed by atoms with Gasteiger partial charge in [0, 0.05) is 36.6 Å². The van der Waals surface area contributed by atoms with Crippen LogP contribution >= 0.6 is 0 Å². The van der Waals surface area contributed by atoms with E-state index < -0.39 is 69.2 Å². The summed E-state index contributed by atoms with van der Waals surface area (Å²) in [7, 11) is 1.73. The molecule has 0 spiro atoms. The highest BCUT2D eigenvalue weighted by atomic mass is 16.6. The third kappa shape index (κ3) is 3.96. The van der Waals surface area contributed by atoms with Crippen LogP contribution in [0.25, 0.3) is 0 Å². The molecule has 3 saturated carbocycles. The van der Waals surface area contributed by atoms with Crippen molar-refractivity contribution in [3.63, 3.8) is 0 Å². The minimum absolute atomic E-state index is 0.0530. The number of carbonyl (C=O) groups excluding carboxylic acids is 3. The molecule has 8 nitrogen and oxygen atoms in total. The fraction of sp³-hybridized carbons (Fsp3) is 0.815. The van der Waals surface area contributed by atoms with E-state index in [0.29, 0.717) is 19.4 Å². The van der Waals surface area contributed by atoms with Crippen molar-refractivity contribution in [2.45, 2.75) is 97.6 Å². The number of fused-ring (bicyclic) bond motifs is 3. The quantitative estimate of drug-likeness (QED) is 0.381. The Balaban J connectivity index is 2.32. The van der Waals surface area contributed by atoms with E-state index in [1.807, 2.05) is 20.8 Å². The first-order chi connectivity index (χ1) is 16.0. The average Bonchev–Trinajstić information content (AvgIpc) is 2.75. The Morgan fingerprint density at radius 1 is 1.20 bits per heavy atom. The lowest BCUT2D eigenvalue weighted by molar-refractivity contribution is -0.333. The summed E-state index contributed by atoms with van der Waals surface area (Å²) in [6.45, 7) is 14.9. The molecule has 0 aromatic carbocycles. The van der Waals surface area contributed by atoms with Crippen molar-refractivity contribution in [2.75, 3.05) is 13.6 Å². The summed E-state index contributed by atoms with van der Waals surface area (Å²) in [4.78, 5) is 39.3. The molecule has 3 aliphatic carbocycles. The topological polar surface area (TPSA) is 122 Å². The third-order valence-corrected chi connectivity index (χ3v) is 9.47. The maximum atomic E-state index is 14.0. The van der Waals surface area contributed by atoms with Crippen LogP contribution in [0.2, 0.25) is 0 Å². The molecule has 0 amide bonds. The van der Waals surface area contributed by atoms with Crippen LogP contribution in [0.1, 0.15) is 73.6 Å². The summed E-state index contributed by atoms with van der Waals surface area (Å²) in [5.74, 6) is -2.11.